The molecule has 0 aliphatic heterocycles. The van der Waals surface area contributed by atoms with E-state index in [-0.39, 0.29) is 11.6 Å². The number of thiol groups is 1. The van der Waals surface area contributed by atoms with Crippen molar-refractivity contribution >= 4 is 30.2 Å². The third-order valence-corrected chi connectivity index (χ3v) is 2.19. The van der Waals surface area contributed by atoms with E-state index in [0.717, 1.165) is 0 Å². The first-order chi connectivity index (χ1) is 7.86. The number of carbonyl (C=O) groups excluding carboxylic acids is 2. The summed E-state index contributed by atoms with van der Waals surface area (Å²) in [5.74, 6) is -0.920. The van der Waals surface area contributed by atoms with Gasteiger partial charge in [-0.25, -0.2) is 9.78 Å². The highest BCUT2D eigenvalue weighted by Crippen LogP contribution is 2.18. The number of esters is 1. The average Bonchev–Trinajstić information content (AvgIpc) is 2.27. The van der Waals surface area contributed by atoms with Crippen molar-refractivity contribution in [2.45, 2.75) is 18.6 Å². The number of ether oxygens (including phenoxy) is 1. The van der Waals surface area contributed by atoms with Gasteiger partial charge in [-0.2, -0.15) is 12.6 Å². The molecular formula is C11H14N2O3S. The number of pyridine rings is 1. The summed E-state index contributed by atoms with van der Waals surface area (Å²) in [4.78, 5) is 27.0. The lowest BCUT2D eigenvalue weighted by atomic mass is 10.2. The second-order valence-corrected chi connectivity index (χ2v) is 5.02. The predicted octanol–water partition coefficient (Wildman–Crippen LogP) is 1.52. The lowest BCUT2D eigenvalue weighted by molar-refractivity contribution is -0.117. The molecule has 0 bridgehead atoms. The van der Waals surface area contributed by atoms with E-state index in [4.69, 9.17) is 0 Å². The SMILES string of the molecule is COC(=O)c1ncccc1NC(=O)C(C)(C)S. The zero-order valence-electron chi connectivity index (χ0n) is 9.85. The van der Waals surface area contributed by atoms with Crippen LogP contribution in [0, 0.1) is 0 Å². The van der Waals surface area contributed by atoms with Crippen molar-refractivity contribution in [1.82, 2.24) is 4.98 Å². The topological polar surface area (TPSA) is 68.3 Å². The molecule has 5 nitrogen and oxygen atoms in total. The Labute approximate surface area is 105 Å². The van der Waals surface area contributed by atoms with Crippen LogP contribution in [0.3, 0.4) is 0 Å². The molecule has 1 N–H and O–H groups in total. The minimum absolute atomic E-state index is 0.0703. The van der Waals surface area contributed by atoms with Crippen LogP contribution in [0.1, 0.15) is 24.3 Å². The summed E-state index contributed by atoms with van der Waals surface area (Å²) in [6, 6.07) is 3.20. The number of aromatic nitrogens is 1. The largest absolute Gasteiger partial charge is 0.464 e. The monoisotopic (exact) mass is 254 g/mol. The molecule has 0 aliphatic rings. The summed E-state index contributed by atoms with van der Waals surface area (Å²) in [7, 11) is 1.26. The van der Waals surface area contributed by atoms with Crippen molar-refractivity contribution in [2.24, 2.45) is 0 Å². The van der Waals surface area contributed by atoms with Gasteiger partial charge in [-0.05, 0) is 26.0 Å². The van der Waals surface area contributed by atoms with Crippen molar-refractivity contribution in [3.8, 4) is 0 Å². The Balaban J connectivity index is 2.99. The molecule has 0 saturated carbocycles. The summed E-state index contributed by atoms with van der Waals surface area (Å²) in [5.41, 5.74) is 0.382. The summed E-state index contributed by atoms with van der Waals surface area (Å²) in [6.45, 7) is 3.30. The third-order valence-electron chi connectivity index (χ3n) is 1.99. The summed E-state index contributed by atoms with van der Waals surface area (Å²) in [5, 5.41) is 2.59. The van der Waals surface area contributed by atoms with E-state index in [1.54, 1.807) is 26.0 Å². The number of anilines is 1. The van der Waals surface area contributed by atoms with E-state index >= 15 is 0 Å². The molecule has 0 fully saturated rings. The van der Waals surface area contributed by atoms with Gasteiger partial charge in [-0.3, -0.25) is 4.79 Å². The number of hydrogen-bond donors (Lipinski definition) is 2. The van der Waals surface area contributed by atoms with Crippen LogP contribution >= 0.6 is 12.6 Å². The van der Waals surface area contributed by atoms with Crippen LogP contribution in [0.15, 0.2) is 18.3 Å². The number of nitrogens with zero attached hydrogens (tertiary/aromatic N) is 1. The molecule has 0 spiro atoms. The van der Waals surface area contributed by atoms with Crippen molar-refractivity contribution in [3.05, 3.63) is 24.0 Å². The molecule has 17 heavy (non-hydrogen) atoms. The Hall–Kier alpha value is -1.56. The smallest absolute Gasteiger partial charge is 0.358 e. The third kappa shape index (κ3) is 3.45. The zero-order valence-corrected chi connectivity index (χ0v) is 10.7. The van der Waals surface area contributed by atoms with Gasteiger partial charge >= 0.3 is 5.97 Å². The highest BCUT2D eigenvalue weighted by atomic mass is 32.1. The van der Waals surface area contributed by atoms with Gasteiger partial charge in [-0.15, -0.1) is 0 Å². The van der Waals surface area contributed by atoms with Gasteiger partial charge in [-0.1, -0.05) is 0 Å². The quantitative estimate of drug-likeness (QED) is 0.634. The van der Waals surface area contributed by atoms with Crippen LogP contribution in [0.2, 0.25) is 0 Å². The first kappa shape index (κ1) is 13.5. The van der Waals surface area contributed by atoms with E-state index in [2.05, 4.69) is 27.7 Å². The van der Waals surface area contributed by atoms with E-state index < -0.39 is 10.7 Å². The molecule has 0 unspecified atom stereocenters. The van der Waals surface area contributed by atoms with Gasteiger partial charge in [0.2, 0.25) is 5.91 Å². The number of rotatable bonds is 3. The Morgan fingerprint density at radius 1 is 1.47 bits per heavy atom. The molecule has 6 heteroatoms. The lowest BCUT2D eigenvalue weighted by Gasteiger charge is -2.17. The van der Waals surface area contributed by atoms with Gasteiger partial charge < -0.3 is 10.1 Å². The van der Waals surface area contributed by atoms with E-state index in [1.165, 1.54) is 13.3 Å². The van der Waals surface area contributed by atoms with Crippen LogP contribution in [-0.4, -0.2) is 28.7 Å². The zero-order chi connectivity index (χ0) is 13.1. The van der Waals surface area contributed by atoms with Crippen LogP contribution in [-0.2, 0) is 9.53 Å². The Kier molecular flexibility index (Phi) is 4.11. The molecule has 0 saturated heterocycles. The minimum atomic E-state index is -0.844. The maximum Gasteiger partial charge on any atom is 0.358 e. The summed E-state index contributed by atoms with van der Waals surface area (Å²) < 4.78 is 3.73. The minimum Gasteiger partial charge on any atom is -0.464 e. The maximum absolute atomic E-state index is 11.7. The van der Waals surface area contributed by atoms with E-state index in [1.807, 2.05) is 0 Å². The van der Waals surface area contributed by atoms with E-state index in [0.29, 0.717) is 5.69 Å². The Morgan fingerprint density at radius 3 is 2.65 bits per heavy atom. The van der Waals surface area contributed by atoms with Crippen molar-refractivity contribution in [1.29, 1.82) is 0 Å². The normalized spacial score (nSPS) is 10.8. The molecule has 1 heterocycles. The molecule has 1 aromatic heterocycles. The van der Waals surface area contributed by atoms with Crippen molar-refractivity contribution in [2.75, 3.05) is 12.4 Å². The molecule has 0 radical (unpaired) electrons. The Bertz CT molecular complexity index is 441. The molecule has 0 atom stereocenters. The number of nitrogens with one attached hydrogen (secondary N) is 1. The molecule has 0 aromatic carbocycles. The number of hydrogen-bond acceptors (Lipinski definition) is 5. The van der Waals surface area contributed by atoms with Gasteiger partial charge in [0.15, 0.2) is 5.69 Å². The molecule has 1 aromatic rings. The highest BCUT2D eigenvalue weighted by Gasteiger charge is 2.24. The van der Waals surface area contributed by atoms with Gasteiger partial charge in [0.25, 0.3) is 0 Å². The molecule has 1 rings (SSSR count). The Morgan fingerprint density at radius 2 is 2.12 bits per heavy atom. The first-order valence-corrected chi connectivity index (χ1v) is 5.38. The summed E-state index contributed by atoms with van der Waals surface area (Å²) >= 11 is 4.14. The molecular weight excluding hydrogens is 240 g/mol. The van der Waals surface area contributed by atoms with E-state index in [9.17, 15) is 9.59 Å². The lowest BCUT2D eigenvalue weighted by Crippen LogP contribution is -2.32. The molecule has 1 amide bonds. The van der Waals surface area contributed by atoms with Gasteiger partial charge in [0.05, 0.1) is 17.5 Å². The van der Waals surface area contributed by atoms with Crippen LogP contribution in [0.25, 0.3) is 0 Å². The van der Waals surface area contributed by atoms with Crippen molar-refractivity contribution in [3.63, 3.8) is 0 Å². The maximum atomic E-state index is 11.7. The first-order valence-electron chi connectivity index (χ1n) is 4.93. The van der Waals surface area contributed by atoms with Gasteiger partial charge in [0.1, 0.15) is 0 Å². The fourth-order valence-electron chi connectivity index (χ4n) is 1.04. The highest BCUT2D eigenvalue weighted by molar-refractivity contribution is 7.82. The fourth-order valence-corrected chi connectivity index (χ4v) is 1.10. The summed E-state index contributed by atoms with van der Waals surface area (Å²) in [6.07, 6.45) is 1.45. The number of amides is 1. The number of methoxy groups -OCH3 is 1. The van der Waals surface area contributed by atoms with Crippen LogP contribution in [0.4, 0.5) is 5.69 Å². The van der Waals surface area contributed by atoms with Crippen LogP contribution in [0.5, 0.6) is 0 Å². The molecule has 0 aliphatic carbocycles. The van der Waals surface area contributed by atoms with Gasteiger partial charge in [0, 0.05) is 6.20 Å². The molecule has 92 valence electrons. The fraction of sp³-hybridized carbons (Fsp3) is 0.364. The van der Waals surface area contributed by atoms with Crippen LogP contribution < -0.4 is 5.32 Å². The predicted molar refractivity (Wildman–Crippen MR) is 67.3 cm³/mol. The average molecular weight is 254 g/mol. The standard InChI is InChI=1S/C11H14N2O3S/c1-11(2,17)10(15)13-7-5-4-6-12-8(7)9(14)16-3/h4-6,17H,1-3H3,(H,13,15). The number of carbonyl (C=O) groups is 2. The second kappa shape index (κ2) is 5.18. The second-order valence-electron chi connectivity index (χ2n) is 3.90. The van der Waals surface area contributed by atoms with Crippen molar-refractivity contribution < 1.29 is 14.3 Å².